The van der Waals surface area contributed by atoms with Crippen LogP contribution in [0.25, 0.3) is 22.6 Å². The number of para-hydroxylation sites is 1. The van der Waals surface area contributed by atoms with Crippen molar-refractivity contribution in [2.45, 2.75) is 25.9 Å². The summed E-state index contributed by atoms with van der Waals surface area (Å²) in [5.41, 5.74) is 6.29. The highest BCUT2D eigenvalue weighted by Crippen LogP contribution is 2.36. The molecule has 0 atom stereocenters. The van der Waals surface area contributed by atoms with Crippen molar-refractivity contribution >= 4 is 28.5 Å². The molecule has 0 saturated heterocycles. The van der Waals surface area contributed by atoms with Crippen LogP contribution in [0.4, 0.5) is 0 Å². The van der Waals surface area contributed by atoms with Gasteiger partial charge in [0.05, 0.1) is 16.8 Å². The second-order valence-electron chi connectivity index (χ2n) is 8.01. The number of ether oxygens (including phenoxy) is 1. The van der Waals surface area contributed by atoms with Gasteiger partial charge in [0, 0.05) is 5.39 Å². The molecule has 1 N–H and O–H groups in total. The maximum Gasteiger partial charge on any atom is 0.339 e. The van der Waals surface area contributed by atoms with E-state index in [0.29, 0.717) is 5.56 Å². The number of nitrogens with zero attached hydrogens (tertiary/aromatic N) is 1. The summed E-state index contributed by atoms with van der Waals surface area (Å²) in [5.74, 6) is -0.0710. The molecule has 0 fully saturated rings. The Morgan fingerprint density at radius 3 is 2.50 bits per heavy atom. The number of esters is 1. The van der Waals surface area contributed by atoms with E-state index in [1.54, 1.807) is 12.1 Å². The Bertz CT molecular complexity index is 1310. The van der Waals surface area contributed by atoms with Gasteiger partial charge < -0.3 is 9.84 Å². The molecule has 5 rings (SSSR count). The lowest BCUT2D eigenvalue weighted by atomic mass is 9.86. The zero-order valence-electron chi connectivity index (χ0n) is 17.6. The Morgan fingerprint density at radius 2 is 1.69 bits per heavy atom. The molecular formula is C28H23NO3. The predicted molar refractivity (Wildman–Crippen MR) is 126 cm³/mol. The maximum absolute atomic E-state index is 13.3. The molecule has 0 spiro atoms. The van der Waals surface area contributed by atoms with E-state index < -0.39 is 0 Å². The Morgan fingerprint density at radius 1 is 0.938 bits per heavy atom. The first-order valence-corrected chi connectivity index (χ1v) is 10.8. The van der Waals surface area contributed by atoms with Gasteiger partial charge in [0.1, 0.15) is 12.4 Å². The quantitative estimate of drug-likeness (QED) is 0.400. The molecule has 1 aliphatic carbocycles. The van der Waals surface area contributed by atoms with Gasteiger partial charge in [-0.2, -0.15) is 0 Å². The minimum Gasteiger partial charge on any atom is -0.508 e. The Balaban J connectivity index is 1.58. The number of aromatic hydroxyl groups is 1. The Kier molecular flexibility index (Phi) is 5.42. The Labute approximate surface area is 186 Å². The fourth-order valence-electron chi connectivity index (χ4n) is 4.28. The molecule has 4 aromatic rings. The third kappa shape index (κ3) is 4.00. The second-order valence-corrected chi connectivity index (χ2v) is 8.01. The summed E-state index contributed by atoms with van der Waals surface area (Å²) in [5, 5.41) is 10.4. The maximum atomic E-state index is 13.3. The van der Waals surface area contributed by atoms with Crippen LogP contribution < -0.4 is 0 Å². The van der Waals surface area contributed by atoms with Crippen molar-refractivity contribution in [1.82, 2.24) is 4.98 Å². The summed E-state index contributed by atoms with van der Waals surface area (Å²) in [4.78, 5) is 18.3. The number of fused-ring (bicyclic) bond motifs is 2. The second kappa shape index (κ2) is 8.67. The molecule has 3 aromatic carbocycles. The van der Waals surface area contributed by atoms with Crippen molar-refractivity contribution in [3.8, 4) is 5.75 Å². The van der Waals surface area contributed by atoms with Crippen LogP contribution in [0.1, 0.15) is 45.6 Å². The summed E-state index contributed by atoms with van der Waals surface area (Å²) in [6.45, 7) is 0.237. The number of hydrogen-bond donors (Lipinski definition) is 1. The first-order valence-electron chi connectivity index (χ1n) is 10.8. The van der Waals surface area contributed by atoms with Gasteiger partial charge in [0.2, 0.25) is 0 Å². The normalized spacial score (nSPS) is 14.3. The molecular weight excluding hydrogens is 398 g/mol. The van der Waals surface area contributed by atoms with E-state index in [0.717, 1.165) is 58.1 Å². The summed E-state index contributed by atoms with van der Waals surface area (Å²) in [7, 11) is 0. The van der Waals surface area contributed by atoms with Crippen LogP contribution in [-0.4, -0.2) is 16.1 Å². The van der Waals surface area contributed by atoms with E-state index in [4.69, 9.17) is 9.72 Å². The number of carbonyl (C=O) groups is 1. The van der Waals surface area contributed by atoms with Crippen molar-refractivity contribution in [2.24, 2.45) is 0 Å². The molecule has 1 aliphatic rings. The monoisotopic (exact) mass is 421 g/mol. The predicted octanol–water partition coefficient (Wildman–Crippen LogP) is 6.17. The zero-order valence-corrected chi connectivity index (χ0v) is 17.6. The van der Waals surface area contributed by atoms with Crippen molar-refractivity contribution in [3.63, 3.8) is 0 Å². The van der Waals surface area contributed by atoms with Gasteiger partial charge in [-0.15, -0.1) is 0 Å². The third-order valence-electron chi connectivity index (χ3n) is 5.82. The molecule has 4 nitrogen and oxygen atoms in total. The van der Waals surface area contributed by atoms with Crippen LogP contribution in [0.15, 0.2) is 78.9 Å². The molecule has 0 unspecified atom stereocenters. The number of rotatable bonds is 4. The number of benzene rings is 3. The third-order valence-corrected chi connectivity index (χ3v) is 5.82. The van der Waals surface area contributed by atoms with Crippen LogP contribution in [0.3, 0.4) is 0 Å². The largest absolute Gasteiger partial charge is 0.508 e. The summed E-state index contributed by atoms with van der Waals surface area (Å²) in [6, 6.07) is 24.6. The lowest BCUT2D eigenvalue weighted by Gasteiger charge is -2.22. The zero-order chi connectivity index (χ0) is 21.9. The van der Waals surface area contributed by atoms with Gasteiger partial charge in [-0.3, -0.25) is 0 Å². The van der Waals surface area contributed by atoms with E-state index in [1.807, 2.05) is 66.7 Å². The molecule has 0 bridgehead atoms. The average molecular weight is 421 g/mol. The number of carbonyl (C=O) groups excluding carboxylic acids is 1. The highest BCUT2D eigenvalue weighted by molar-refractivity contribution is 6.06. The van der Waals surface area contributed by atoms with Crippen LogP contribution >= 0.6 is 0 Å². The van der Waals surface area contributed by atoms with Crippen LogP contribution in [0.5, 0.6) is 5.75 Å². The topological polar surface area (TPSA) is 59.4 Å². The summed E-state index contributed by atoms with van der Waals surface area (Å²) in [6.07, 6.45) is 4.71. The number of pyridine rings is 1. The molecule has 0 amide bonds. The van der Waals surface area contributed by atoms with E-state index >= 15 is 0 Å². The first kappa shape index (κ1) is 20.0. The number of hydrogen-bond acceptors (Lipinski definition) is 4. The van der Waals surface area contributed by atoms with Crippen molar-refractivity contribution in [1.29, 1.82) is 0 Å². The van der Waals surface area contributed by atoms with E-state index in [1.165, 1.54) is 0 Å². The smallest absolute Gasteiger partial charge is 0.339 e. The van der Waals surface area contributed by atoms with Gasteiger partial charge >= 0.3 is 5.97 Å². The van der Waals surface area contributed by atoms with Crippen LogP contribution in [-0.2, 0) is 17.8 Å². The number of allylic oxidation sites excluding steroid dienone is 1. The standard InChI is InChI=1S/C28H23NO3/c30-22-15-13-19(14-16-22)17-21-9-6-11-24-26(23-10-4-5-12-25(23)29-27(21)24)28(31)32-18-20-7-2-1-3-8-20/h1-5,7-8,10,12-17,30H,6,9,11,18H2/b21-17-. The lowest BCUT2D eigenvalue weighted by Crippen LogP contribution is -2.15. The van der Waals surface area contributed by atoms with E-state index in [2.05, 4.69) is 6.08 Å². The van der Waals surface area contributed by atoms with Crippen molar-refractivity contribution in [3.05, 3.63) is 107 Å². The number of phenols is 1. The summed E-state index contributed by atoms with van der Waals surface area (Å²) >= 11 is 0. The van der Waals surface area contributed by atoms with E-state index in [-0.39, 0.29) is 18.3 Å². The van der Waals surface area contributed by atoms with E-state index in [9.17, 15) is 9.90 Å². The number of aromatic nitrogens is 1. The average Bonchev–Trinajstić information content (AvgIpc) is 2.83. The fraction of sp³-hybridized carbons (Fsp3) is 0.143. The lowest BCUT2D eigenvalue weighted by molar-refractivity contribution is 0.0473. The molecule has 0 radical (unpaired) electrons. The molecule has 0 saturated carbocycles. The Hall–Kier alpha value is -3.92. The molecule has 1 aromatic heterocycles. The minimum atomic E-state index is -0.311. The highest BCUT2D eigenvalue weighted by Gasteiger charge is 2.26. The molecule has 0 aliphatic heterocycles. The van der Waals surface area contributed by atoms with Crippen molar-refractivity contribution in [2.75, 3.05) is 0 Å². The van der Waals surface area contributed by atoms with Gasteiger partial charge in [0.15, 0.2) is 0 Å². The highest BCUT2D eigenvalue weighted by atomic mass is 16.5. The van der Waals surface area contributed by atoms with Crippen molar-refractivity contribution < 1.29 is 14.6 Å². The van der Waals surface area contributed by atoms with Crippen LogP contribution in [0.2, 0.25) is 0 Å². The molecule has 4 heteroatoms. The SMILES string of the molecule is O=C(OCc1ccccc1)c1c2c(nc3ccccc13)/C(=C\c1ccc(O)cc1)CCC2. The molecule has 158 valence electrons. The van der Waals surface area contributed by atoms with Crippen LogP contribution in [0, 0.1) is 0 Å². The molecule has 1 heterocycles. The summed E-state index contributed by atoms with van der Waals surface area (Å²) < 4.78 is 5.74. The number of phenolic OH excluding ortho intramolecular Hbond substituents is 1. The minimum absolute atomic E-state index is 0.237. The first-order chi connectivity index (χ1) is 15.7. The van der Waals surface area contributed by atoms with Gasteiger partial charge in [-0.1, -0.05) is 60.7 Å². The van der Waals surface area contributed by atoms with Gasteiger partial charge in [-0.25, -0.2) is 9.78 Å². The fourth-order valence-corrected chi connectivity index (χ4v) is 4.28. The van der Waals surface area contributed by atoms with Gasteiger partial charge in [-0.05, 0) is 65.8 Å². The molecule has 32 heavy (non-hydrogen) atoms. The van der Waals surface area contributed by atoms with Gasteiger partial charge in [0.25, 0.3) is 0 Å².